The Labute approximate surface area is 519 Å². The van der Waals surface area contributed by atoms with Crippen LogP contribution in [0.15, 0.2) is 67.0 Å². The first-order chi connectivity index (χ1) is 43.5. The highest BCUT2D eigenvalue weighted by molar-refractivity contribution is 6.01. The lowest BCUT2D eigenvalue weighted by Gasteiger charge is -2.37. The van der Waals surface area contributed by atoms with Gasteiger partial charge in [0.2, 0.25) is 29.5 Å². The number of amides is 7. The van der Waals surface area contributed by atoms with E-state index in [9.17, 15) is 38.4 Å². The molecule has 0 spiro atoms. The Hall–Kier alpha value is -9.15. The molecule has 6 aromatic rings. The number of nitrogens with one attached hydrogen (secondary N) is 4. The van der Waals surface area contributed by atoms with Crippen molar-refractivity contribution in [2.45, 2.75) is 83.2 Å². The predicted molar refractivity (Wildman–Crippen MR) is 329 cm³/mol. The van der Waals surface area contributed by atoms with Gasteiger partial charge in [-0.25, -0.2) is 23.8 Å². The second-order valence-electron chi connectivity index (χ2n) is 22.6. The number of ether oxygens (including phenoxy) is 4. The summed E-state index contributed by atoms with van der Waals surface area (Å²) in [6.07, 6.45) is 6.34. The average Bonchev–Trinajstić information content (AvgIpc) is 1.57. The maximum atomic E-state index is 16.0. The van der Waals surface area contributed by atoms with Crippen molar-refractivity contribution >= 4 is 86.6 Å². The first kappa shape index (κ1) is 65.3. The van der Waals surface area contributed by atoms with E-state index in [-0.39, 0.29) is 118 Å². The predicted octanol–water partition coefficient (Wildman–Crippen LogP) is 4.07. The van der Waals surface area contributed by atoms with Crippen LogP contribution in [0.5, 0.6) is 0 Å². The van der Waals surface area contributed by atoms with Crippen LogP contribution >= 0.6 is 0 Å². The third-order valence-corrected chi connectivity index (χ3v) is 16.2. The van der Waals surface area contributed by atoms with E-state index < -0.39 is 35.4 Å². The number of primary amides is 1. The highest BCUT2D eigenvalue weighted by atomic mass is 19.1. The Bertz CT molecular complexity index is 3570. The summed E-state index contributed by atoms with van der Waals surface area (Å²) in [6.45, 7) is 8.78. The quantitative estimate of drug-likeness (QED) is 0.0326. The van der Waals surface area contributed by atoms with Gasteiger partial charge in [-0.15, -0.1) is 0 Å². The van der Waals surface area contributed by atoms with Crippen molar-refractivity contribution in [2.75, 3.05) is 123 Å². The number of nitrogens with zero attached hydrogens (tertiary/aromatic N) is 10. The number of likely N-dealkylation sites (tertiary alicyclic amines) is 1. The van der Waals surface area contributed by atoms with E-state index in [1.807, 2.05) is 55.0 Å². The van der Waals surface area contributed by atoms with E-state index in [1.54, 1.807) is 29.3 Å². The Morgan fingerprint density at radius 2 is 1.49 bits per heavy atom. The molecule has 6 N–H and O–H groups in total. The number of halogens is 1. The van der Waals surface area contributed by atoms with Crippen LogP contribution in [0.2, 0.25) is 0 Å². The van der Waals surface area contributed by atoms with Gasteiger partial charge in [-0.1, -0.05) is 38.1 Å². The molecular weight excluding hydrogens is 1170 g/mol. The molecule has 0 saturated carbocycles. The number of carbonyl (C=O) groups excluding carboxylic acids is 8. The van der Waals surface area contributed by atoms with E-state index in [0.717, 1.165) is 48.2 Å². The summed E-state index contributed by atoms with van der Waals surface area (Å²) in [5.74, 6) is -2.81. The molecule has 27 nitrogen and oxygen atoms in total. The van der Waals surface area contributed by atoms with E-state index in [1.165, 1.54) is 30.1 Å². The molecule has 3 aliphatic rings. The van der Waals surface area contributed by atoms with Crippen LogP contribution in [-0.4, -0.2) is 210 Å². The number of nitrogens with two attached hydrogens (primary N) is 1. The standard InChI is InChI=1S/C62H78FN15O12/c1-39(2)58-57-45(8-5-9-48(57)77(72-58)38-53(81)66-35-52(80)67-36-56(84)87-4)46-32-49-42(31-47(46)63)33-69-78(49)55(83)15-14-51(79)65-19-26-89-28-30-90-29-27-88-25-18-54(82)74-21-16-41(17-22-74)40-10-12-43(13-11-40)70-61-59(60(64)85)68-34-50(71-61)75-20-6-7-44(37-75)76-24-23-73(3)62(76)86/h5,8-13,31-34,39,41,44H,6-7,14-30,35-38H2,1-4H3,(H2,64,85)(H,65,79)(H,66,81)(H,67,80)(H,70,71)/t44-/m1/s1. The number of hydrogen-bond acceptors (Lipinski definition) is 18. The van der Waals surface area contributed by atoms with Crippen LogP contribution in [0.3, 0.4) is 0 Å². The zero-order valence-corrected chi connectivity index (χ0v) is 51.2. The van der Waals surface area contributed by atoms with Gasteiger partial charge in [0.15, 0.2) is 11.5 Å². The van der Waals surface area contributed by atoms with Gasteiger partial charge < -0.3 is 65.5 Å². The molecule has 28 heteroatoms. The second kappa shape index (κ2) is 30.9. The lowest BCUT2D eigenvalue weighted by atomic mass is 9.89. The highest BCUT2D eigenvalue weighted by Gasteiger charge is 2.35. The van der Waals surface area contributed by atoms with Crippen LogP contribution in [0.25, 0.3) is 32.9 Å². The lowest BCUT2D eigenvalue weighted by molar-refractivity contribution is -0.141. The largest absolute Gasteiger partial charge is 0.468 e. The zero-order valence-electron chi connectivity index (χ0n) is 51.2. The van der Waals surface area contributed by atoms with Gasteiger partial charge in [-0.2, -0.15) is 10.2 Å². The fourth-order valence-electron chi connectivity index (χ4n) is 11.3. The second-order valence-corrected chi connectivity index (χ2v) is 22.6. The molecule has 0 bridgehead atoms. The topological polar surface area (TPSA) is 322 Å². The molecule has 0 unspecified atom stereocenters. The lowest BCUT2D eigenvalue weighted by Crippen LogP contribution is -2.49. The number of methoxy groups -OCH3 is 1. The Morgan fingerprint density at radius 3 is 2.20 bits per heavy atom. The molecule has 3 aromatic heterocycles. The molecular formula is C62H78FN15O12. The number of aromatic nitrogens is 6. The summed E-state index contributed by atoms with van der Waals surface area (Å²) < 4.78 is 40.0. The van der Waals surface area contributed by atoms with Crippen molar-refractivity contribution in [3.05, 3.63) is 89.8 Å². The Kier molecular flexibility index (Phi) is 22.4. The summed E-state index contributed by atoms with van der Waals surface area (Å²) in [6, 6.07) is 16.1. The Morgan fingerprint density at radius 1 is 0.756 bits per heavy atom. The molecule has 6 heterocycles. The summed E-state index contributed by atoms with van der Waals surface area (Å²) >= 11 is 0. The zero-order chi connectivity index (χ0) is 63.8. The SMILES string of the molecule is COC(=O)CNC(=O)CNC(=O)Cn1nc(C(C)C)c2c(-c3cc4c(cnn4C(=O)CCC(=O)NCCOCCOCCOCCC(=O)N4CCC(c5ccc(Nc6nc(N7CCC[C@@H](N8CCN(C)C8=O)C7)cnc6C(N)=O)cc5)CC4)cc3F)cccc21. The van der Waals surface area contributed by atoms with Gasteiger partial charge in [0.25, 0.3) is 5.91 Å². The molecule has 1 atom stereocenters. The maximum absolute atomic E-state index is 16.0. The fourth-order valence-corrected chi connectivity index (χ4v) is 11.3. The Balaban J connectivity index is 0.629. The monoisotopic (exact) mass is 1240 g/mol. The third-order valence-electron chi connectivity index (χ3n) is 16.2. The van der Waals surface area contributed by atoms with E-state index >= 15 is 4.39 Å². The van der Waals surface area contributed by atoms with Gasteiger partial charge in [0, 0.05) is 87.7 Å². The van der Waals surface area contributed by atoms with Crippen LogP contribution in [0.1, 0.15) is 97.2 Å². The maximum Gasteiger partial charge on any atom is 0.325 e. The molecule has 3 aromatic carbocycles. The molecule has 480 valence electrons. The molecule has 90 heavy (non-hydrogen) atoms. The van der Waals surface area contributed by atoms with Gasteiger partial charge >= 0.3 is 12.0 Å². The number of benzene rings is 3. The number of fused-ring (bicyclic) bond motifs is 2. The van der Waals surface area contributed by atoms with Gasteiger partial charge in [0.1, 0.15) is 24.7 Å². The fraction of sp³-hybridized carbons (Fsp3) is 0.484. The van der Waals surface area contributed by atoms with Gasteiger partial charge in [0.05, 0.1) is 94.9 Å². The van der Waals surface area contributed by atoms with E-state index in [0.29, 0.717) is 91.4 Å². The van der Waals surface area contributed by atoms with Crippen LogP contribution < -0.4 is 31.9 Å². The summed E-state index contributed by atoms with van der Waals surface area (Å²) in [4.78, 5) is 118. The normalized spacial score (nSPS) is 15.4. The highest BCUT2D eigenvalue weighted by Crippen LogP contribution is 2.38. The molecule has 9 rings (SSSR count). The summed E-state index contributed by atoms with van der Waals surface area (Å²) in [5.41, 5.74) is 9.74. The molecule has 3 saturated heterocycles. The van der Waals surface area contributed by atoms with E-state index in [2.05, 4.69) is 41.0 Å². The summed E-state index contributed by atoms with van der Waals surface area (Å²) in [5, 5.41) is 20.8. The number of esters is 1. The van der Waals surface area contributed by atoms with Crippen molar-refractivity contribution in [3.63, 3.8) is 0 Å². The number of likely N-dealkylation sites (N-methyl/N-ethyl adjacent to an activating group) is 1. The first-order valence-corrected chi connectivity index (χ1v) is 30.3. The molecule has 3 aliphatic heterocycles. The van der Waals surface area contributed by atoms with Gasteiger partial charge in [-0.3, -0.25) is 38.2 Å². The van der Waals surface area contributed by atoms with Crippen molar-refractivity contribution < 1.29 is 61.7 Å². The van der Waals surface area contributed by atoms with Crippen LogP contribution in [0, 0.1) is 5.82 Å². The van der Waals surface area contributed by atoms with Crippen LogP contribution in [-0.2, 0) is 49.5 Å². The van der Waals surface area contributed by atoms with Crippen molar-refractivity contribution in [1.29, 1.82) is 0 Å². The minimum Gasteiger partial charge on any atom is -0.468 e. The number of urea groups is 1. The van der Waals surface area contributed by atoms with Crippen LogP contribution in [0.4, 0.5) is 26.5 Å². The van der Waals surface area contributed by atoms with Gasteiger partial charge in [-0.05, 0) is 79.0 Å². The minimum absolute atomic E-state index is 0.0345. The average molecular weight is 1240 g/mol. The van der Waals surface area contributed by atoms with Crippen molar-refractivity contribution in [2.24, 2.45) is 5.73 Å². The number of carbonyl (C=O) groups is 8. The minimum atomic E-state index is -0.695. The number of rotatable bonds is 29. The number of hydrogen-bond donors (Lipinski definition) is 5. The molecule has 0 aliphatic carbocycles. The van der Waals surface area contributed by atoms with Crippen molar-refractivity contribution in [1.82, 2.24) is 60.2 Å². The van der Waals surface area contributed by atoms with E-state index in [4.69, 9.17) is 30.0 Å². The number of piperidine rings is 2. The van der Waals surface area contributed by atoms with Crippen molar-refractivity contribution in [3.8, 4) is 11.1 Å². The smallest absolute Gasteiger partial charge is 0.325 e. The molecule has 3 fully saturated rings. The molecule has 0 radical (unpaired) electrons. The number of anilines is 3. The third kappa shape index (κ3) is 16.6. The summed E-state index contributed by atoms with van der Waals surface area (Å²) in [7, 11) is 3.01. The first-order valence-electron chi connectivity index (χ1n) is 30.3. The molecule has 7 amide bonds.